The van der Waals surface area contributed by atoms with Crippen LogP contribution in [0, 0.1) is 18.6 Å². The van der Waals surface area contributed by atoms with Crippen molar-refractivity contribution in [2.24, 2.45) is 5.84 Å². The topological polar surface area (TPSA) is 72.2 Å². The molecular formula is C13H14F2N4O. The van der Waals surface area contributed by atoms with E-state index < -0.39 is 11.6 Å². The normalized spacial score (nSPS) is 10.2. The molecule has 0 atom stereocenters. The smallest absolute Gasteiger partial charge is 0.178 e. The minimum absolute atomic E-state index is 0.121. The van der Waals surface area contributed by atoms with Gasteiger partial charge in [0.1, 0.15) is 5.75 Å². The number of methoxy groups -OCH3 is 1. The molecule has 106 valence electrons. The average molecular weight is 280 g/mol. The Bertz CT molecular complexity index is 634. The average Bonchev–Trinajstić information content (AvgIpc) is 2.42. The van der Waals surface area contributed by atoms with Gasteiger partial charge in [0, 0.05) is 11.8 Å². The van der Waals surface area contributed by atoms with Crippen molar-refractivity contribution >= 4 is 17.3 Å². The van der Waals surface area contributed by atoms with Crippen LogP contribution in [0.4, 0.5) is 26.1 Å². The number of pyridine rings is 1. The fourth-order valence-corrected chi connectivity index (χ4v) is 1.75. The molecule has 2 aromatic rings. The van der Waals surface area contributed by atoms with Gasteiger partial charge >= 0.3 is 0 Å². The fourth-order valence-electron chi connectivity index (χ4n) is 1.75. The third-order valence-corrected chi connectivity index (χ3v) is 2.72. The van der Waals surface area contributed by atoms with Crippen LogP contribution in [0.3, 0.4) is 0 Å². The molecule has 0 aliphatic rings. The molecule has 0 amide bonds. The Balaban J connectivity index is 2.32. The molecule has 5 nitrogen and oxygen atoms in total. The molecule has 2 rings (SSSR count). The van der Waals surface area contributed by atoms with Gasteiger partial charge in [-0.2, -0.15) is 0 Å². The summed E-state index contributed by atoms with van der Waals surface area (Å²) in [5.74, 6) is 3.79. The van der Waals surface area contributed by atoms with Gasteiger partial charge in [0.25, 0.3) is 0 Å². The van der Waals surface area contributed by atoms with Crippen molar-refractivity contribution in [3.63, 3.8) is 0 Å². The summed E-state index contributed by atoms with van der Waals surface area (Å²) in [7, 11) is 1.57. The van der Waals surface area contributed by atoms with Crippen LogP contribution in [0.15, 0.2) is 24.3 Å². The standard InChI is InChI=1S/C13H14F2N4O/c1-7-5-8(3-4-11(7)20-2)17-12-9(14)6-10(15)13(18-12)19-16/h3-6H,16H2,1-2H3,(H2,17,18,19). The minimum atomic E-state index is -0.860. The molecule has 4 N–H and O–H groups in total. The first-order valence-electron chi connectivity index (χ1n) is 5.79. The van der Waals surface area contributed by atoms with E-state index in [4.69, 9.17) is 10.6 Å². The predicted molar refractivity (Wildman–Crippen MR) is 73.0 cm³/mol. The van der Waals surface area contributed by atoms with E-state index in [1.54, 1.807) is 25.3 Å². The van der Waals surface area contributed by atoms with Crippen LogP contribution in [0.5, 0.6) is 5.75 Å². The number of benzene rings is 1. The molecule has 1 aromatic heterocycles. The quantitative estimate of drug-likeness (QED) is 0.593. The van der Waals surface area contributed by atoms with Crippen molar-refractivity contribution in [3.8, 4) is 5.75 Å². The molecule has 1 aromatic carbocycles. The van der Waals surface area contributed by atoms with Crippen LogP contribution < -0.4 is 21.3 Å². The van der Waals surface area contributed by atoms with E-state index in [-0.39, 0.29) is 11.6 Å². The summed E-state index contributed by atoms with van der Waals surface area (Å²) in [4.78, 5) is 3.73. The third kappa shape index (κ3) is 2.77. The summed E-state index contributed by atoms with van der Waals surface area (Å²) in [6.45, 7) is 1.85. The van der Waals surface area contributed by atoms with Gasteiger partial charge in [0.05, 0.1) is 7.11 Å². The van der Waals surface area contributed by atoms with E-state index in [1.165, 1.54) is 0 Å². The van der Waals surface area contributed by atoms with Crippen LogP contribution in [-0.2, 0) is 0 Å². The van der Waals surface area contributed by atoms with E-state index in [1.807, 2.05) is 6.92 Å². The Kier molecular flexibility index (Phi) is 3.99. The Hall–Kier alpha value is -2.41. The first kappa shape index (κ1) is 14.0. The number of hydrazine groups is 1. The van der Waals surface area contributed by atoms with Crippen molar-refractivity contribution < 1.29 is 13.5 Å². The Morgan fingerprint density at radius 1 is 1.15 bits per heavy atom. The van der Waals surface area contributed by atoms with Gasteiger partial charge in [-0.1, -0.05) is 0 Å². The second-order valence-electron chi connectivity index (χ2n) is 4.10. The molecule has 0 radical (unpaired) electrons. The largest absolute Gasteiger partial charge is 0.496 e. The number of halogens is 2. The summed E-state index contributed by atoms with van der Waals surface area (Å²) in [6, 6.07) is 5.91. The lowest BCUT2D eigenvalue weighted by atomic mass is 10.2. The fraction of sp³-hybridized carbons (Fsp3) is 0.154. The highest BCUT2D eigenvalue weighted by Crippen LogP contribution is 2.26. The van der Waals surface area contributed by atoms with E-state index >= 15 is 0 Å². The summed E-state index contributed by atoms with van der Waals surface area (Å²) in [5.41, 5.74) is 3.54. The number of hydrogen-bond donors (Lipinski definition) is 3. The number of aromatic nitrogens is 1. The Morgan fingerprint density at radius 2 is 1.85 bits per heavy atom. The van der Waals surface area contributed by atoms with E-state index in [0.717, 1.165) is 5.56 Å². The van der Waals surface area contributed by atoms with Crippen LogP contribution in [-0.4, -0.2) is 12.1 Å². The number of nitrogens with zero attached hydrogens (tertiary/aromatic N) is 1. The molecule has 0 unspecified atom stereocenters. The zero-order valence-electron chi connectivity index (χ0n) is 11.0. The lowest BCUT2D eigenvalue weighted by Crippen LogP contribution is -2.12. The lowest BCUT2D eigenvalue weighted by molar-refractivity contribution is 0.412. The number of rotatable bonds is 4. The summed E-state index contributed by atoms with van der Waals surface area (Å²) in [6.07, 6.45) is 0. The van der Waals surface area contributed by atoms with Crippen molar-refractivity contribution in [3.05, 3.63) is 41.5 Å². The zero-order chi connectivity index (χ0) is 14.7. The molecule has 20 heavy (non-hydrogen) atoms. The monoisotopic (exact) mass is 280 g/mol. The molecule has 0 fully saturated rings. The maximum Gasteiger partial charge on any atom is 0.178 e. The minimum Gasteiger partial charge on any atom is -0.496 e. The summed E-state index contributed by atoms with van der Waals surface area (Å²) >= 11 is 0. The second-order valence-corrected chi connectivity index (χ2v) is 4.10. The Morgan fingerprint density at radius 3 is 2.45 bits per heavy atom. The number of nitrogens with one attached hydrogen (secondary N) is 2. The van der Waals surface area contributed by atoms with Gasteiger partial charge in [0.15, 0.2) is 23.3 Å². The molecular weight excluding hydrogens is 266 g/mol. The van der Waals surface area contributed by atoms with Gasteiger partial charge < -0.3 is 15.5 Å². The van der Waals surface area contributed by atoms with Crippen molar-refractivity contribution in [1.82, 2.24) is 4.98 Å². The molecule has 1 heterocycles. The second kappa shape index (κ2) is 5.70. The number of hydrogen-bond acceptors (Lipinski definition) is 5. The van der Waals surface area contributed by atoms with Crippen LogP contribution >= 0.6 is 0 Å². The third-order valence-electron chi connectivity index (χ3n) is 2.72. The van der Waals surface area contributed by atoms with Crippen LogP contribution in [0.25, 0.3) is 0 Å². The van der Waals surface area contributed by atoms with Crippen molar-refractivity contribution in [2.75, 3.05) is 17.9 Å². The SMILES string of the molecule is COc1ccc(Nc2nc(NN)c(F)cc2F)cc1C. The molecule has 0 bridgehead atoms. The van der Waals surface area contributed by atoms with Crippen LogP contribution in [0.2, 0.25) is 0 Å². The van der Waals surface area contributed by atoms with Crippen LogP contribution in [0.1, 0.15) is 5.56 Å². The van der Waals surface area contributed by atoms with E-state index in [9.17, 15) is 8.78 Å². The summed E-state index contributed by atoms with van der Waals surface area (Å²) < 4.78 is 32.0. The first-order valence-corrected chi connectivity index (χ1v) is 5.79. The highest BCUT2D eigenvalue weighted by atomic mass is 19.1. The van der Waals surface area contributed by atoms with Gasteiger partial charge in [0.2, 0.25) is 0 Å². The first-order chi connectivity index (χ1) is 9.55. The number of nitrogen functional groups attached to an aromatic ring is 1. The Labute approximate surface area is 114 Å². The number of ether oxygens (including phenoxy) is 1. The molecule has 0 saturated carbocycles. The highest BCUT2D eigenvalue weighted by Gasteiger charge is 2.11. The maximum atomic E-state index is 13.6. The number of anilines is 3. The van der Waals surface area contributed by atoms with Crippen molar-refractivity contribution in [1.29, 1.82) is 0 Å². The summed E-state index contributed by atoms with van der Waals surface area (Å²) in [5, 5.41) is 2.76. The van der Waals surface area contributed by atoms with E-state index in [2.05, 4.69) is 15.7 Å². The molecule has 0 spiro atoms. The zero-order valence-corrected chi connectivity index (χ0v) is 11.0. The van der Waals surface area contributed by atoms with Crippen molar-refractivity contribution in [2.45, 2.75) is 6.92 Å². The van der Waals surface area contributed by atoms with E-state index in [0.29, 0.717) is 17.5 Å². The van der Waals surface area contributed by atoms with Gasteiger partial charge in [-0.15, -0.1) is 0 Å². The highest BCUT2D eigenvalue weighted by molar-refractivity contribution is 5.61. The predicted octanol–water partition coefficient (Wildman–Crippen LogP) is 2.71. The van der Waals surface area contributed by atoms with Gasteiger partial charge in [-0.05, 0) is 30.7 Å². The number of aryl methyl sites for hydroxylation is 1. The number of nitrogens with two attached hydrogens (primary N) is 1. The molecule has 0 aliphatic carbocycles. The maximum absolute atomic E-state index is 13.6. The molecule has 7 heteroatoms. The van der Waals surface area contributed by atoms with Gasteiger partial charge in [-0.3, -0.25) is 0 Å². The molecule has 0 aliphatic heterocycles. The molecule has 0 saturated heterocycles. The van der Waals surface area contributed by atoms with Gasteiger partial charge in [-0.25, -0.2) is 19.6 Å². The lowest BCUT2D eigenvalue weighted by Gasteiger charge is -2.11.